The SMILES string of the molecule is COc1cc(C2C3=CCC4C(=O)N(C(N)=O)C(=O)C4C3CC3C(=O)N(c4ccc(F)c(Cl)c4)C(=O)C32C)cc(I)c1O. The number of hydrogen-bond donors (Lipinski definition) is 2. The summed E-state index contributed by atoms with van der Waals surface area (Å²) >= 11 is 7.95. The summed E-state index contributed by atoms with van der Waals surface area (Å²) in [4.78, 5) is 68.5. The van der Waals surface area contributed by atoms with Crippen LogP contribution in [-0.4, -0.2) is 46.8 Å². The smallest absolute Gasteiger partial charge is 0.328 e. The lowest BCUT2D eigenvalue weighted by Crippen LogP contribution is -2.49. The molecule has 6 atom stereocenters. The van der Waals surface area contributed by atoms with Crippen molar-refractivity contribution in [1.82, 2.24) is 4.90 Å². The number of primary amides is 1. The summed E-state index contributed by atoms with van der Waals surface area (Å²) < 4.78 is 19.8. The van der Waals surface area contributed by atoms with E-state index in [1.807, 2.05) is 28.7 Å². The third-order valence-corrected chi connectivity index (χ3v) is 10.4. The van der Waals surface area contributed by atoms with Gasteiger partial charge in [0.05, 0.1) is 44.6 Å². The molecule has 0 spiro atoms. The van der Waals surface area contributed by atoms with Crippen LogP contribution < -0.4 is 15.4 Å². The minimum absolute atomic E-state index is 0.0495. The highest BCUT2D eigenvalue weighted by atomic mass is 127. The molecule has 4 aliphatic rings. The van der Waals surface area contributed by atoms with Gasteiger partial charge in [0.25, 0.3) is 0 Å². The topological polar surface area (TPSA) is 147 Å². The Kier molecular flexibility index (Phi) is 6.65. The van der Waals surface area contributed by atoms with Crippen LogP contribution in [0.1, 0.15) is 31.2 Å². The van der Waals surface area contributed by atoms with E-state index >= 15 is 0 Å². The maximum Gasteiger partial charge on any atom is 0.328 e. The summed E-state index contributed by atoms with van der Waals surface area (Å²) in [6.45, 7) is 1.68. The van der Waals surface area contributed by atoms with Crippen molar-refractivity contribution < 1.29 is 38.2 Å². The number of methoxy groups -OCH3 is 1. The van der Waals surface area contributed by atoms with E-state index in [1.54, 1.807) is 19.1 Å². The number of ether oxygens (including phenoxy) is 1. The van der Waals surface area contributed by atoms with Crippen LogP contribution >= 0.6 is 34.2 Å². The van der Waals surface area contributed by atoms with Gasteiger partial charge in [0, 0.05) is 5.92 Å². The van der Waals surface area contributed by atoms with E-state index in [0.717, 1.165) is 11.0 Å². The number of likely N-dealkylation sites (tertiary alicyclic amines) is 1. The van der Waals surface area contributed by atoms with Crippen LogP contribution in [0.5, 0.6) is 11.5 Å². The zero-order chi connectivity index (χ0) is 30.4. The van der Waals surface area contributed by atoms with Crippen molar-refractivity contribution in [2.45, 2.75) is 25.7 Å². The second-order valence-corrected chi connectivity index (χ2v) is 12.7. The number of hydrogen-bond acceptors (Lipinski definition) is 7. The van der Waals surface area contributed by atoms with Crippen LogP contribution in [0.3, 0.4) is 0 Å². The maximum absolute atomic E-state index is 14.4. The average Bonchev–Trinajstić information content (AvgIpc) is 3.31. The van der Waals surface area contributed by atoms with E-state index in [4.69, 9.17) is 22.1 Å². The molecule has 6 rings (SSSR count). The fraction of sp³-hybridized carbons (Fsp3) is 0.345. The number of allylic oxidation sites excluding steroid dienone is 2. The van der Waals surface area contributed by atoms with Crippen molar-refractivity contribution in [2.75, 3.05) is 12.0 Å². The van der Waals surface area contributed by atoms with Gasteiger partial charge >= 0.3 is 6.03 Å². The zero-order valence-corrected chi connectivity index (χ0v) is 25.2. The molecule has 2 aliphatic heterocycles. The van der Waals surface area contributed by atoms with E-state index in [1.165, 1.54) is 19.2 Å². The van der Waals surface area contributed by atoms with Gasteiger partial charge in [-0.05, 0) is 84.2 Å². The van der Waals surface area contributed by atoms with Crippen LogP contribution in [0.15, 0.2) is 42.0 Å². The van der Waals surface area contributed by atoms with E-state index in [0.29, 0.717) is 19.6 Å². The van der Waals surface area contributed by atoms with Gasteiger partial charge in [-0.15, -0.1) is 0 Å². The predicted octanol–water partition coefficient (Wildman–Crippen LogP) is 4.11. The highest BCUT2D eigenvalue weighted by Crippen LogP contribution is 2.64. The fourth-order valence-corrected chi connectivity index (χ4v) is 8.20. The predicted molar refractivity (Wildman–Crippen MR) is 155 cm³/mol. The number of anilines is 1. The Hall–Kier alpha value is -3.52. The van der Waals surface area contributed by atoms with Crippen LogP contribution in [0.4, 0.5) is 14.9 Å². The normalized spacial score (nSPS) is 30.2. The molecule has 1 saturated carbocycles. The van der Waals surface area contributed by atoms with Gasteiger partial charge < -0.3 is 15.6 Å². The molecule has 42 heavy (non-hydrogen) atoms. The zero-order valence-electron chi connectivity index (χ0n) is 22.3. The molecular formula is C29H24ClFIN3O7. The minimum Gasteiger partial charge on any atom is -0.504 e. The number of amides is 6. The number of halogens is 3. The molecule has 0 bridgehead atoms. The molecule has 13 heteroatoms. The molecule has 3 N–H and O–H groups in total. The number of imide groups is 4. The van der Waals surface area contributed by atoms with Gasteiger partial charge in [0.1, 0.15) is 5.82 Å². The van der Waals surface area contributed by atoms with Crippen molar-refractivity contribution in [3.05, 3.63) is 62.0 Å². The molecule has 3 fully saturated rings. The number of benzene rings is 2. The van der Waals surface area contributed by atoms with Gasteiger partial charge in [-0.2, -0.15) is 4.90 Å². The Morgan fingerprint density at radius 2 is 1.86 bits per heavy atom. The molecule has 2 heterocycles. The maximum atomic E-state index is 14.4. The summed E-state index contributed by atoms with van der Waals surface area (Å²) in [5.74, 6) is -7.36. The fourth-order valence-electron chi connectivity index (χ4n) is 7.40. The molecule has 2 aromatic rings. The van der Waals surface area contributed by atoms with E-state index < -0.39 is 70.5 Å². The van der Waals surface area contributed by atoms with E-state index in [2.05, 4.69) is 0 Å². The molecular weight excluding hydrogens is 684 g/mol. The van der Waals surface area contributed by atoms with E-state index in [9.17, 15) is 33.5 Å². The van der Waals surface area contributed by atoms with Crippen LogP contribution in [0.2, 0.25) is 5.02 Å². The van der Waals surface area contributed by atoms with Crippen LogP contribution in [0, 0.1) is 38.5 Å². The lowest BCUT2D eigenvalue weighted by Gasteiger charge is -2.49. The Morgan fingerprint density at radius 3 is 2.50 bits per heavy atom. The monoisotopic (exact) mass is 707 g/mol. The number of nitrogens with zero attached hydrogens (tertiary/aromatic N) is 2. The first kappa shape index (κ1) is 28.6. The van der Waals surface area contributed by atoms with Gasteiger partial charge in [-0.1, -0.05) is 23.3 Å². The Balaban J connectivity index is 1.56. The average molecular weight is 708 g/mol. The van der Waals surface area contributed by atoms with Crippen molar-refractivity contribution in [2.24, 2.45) is 34.8 Å². The third-order valence-electron chi connectivity index (χ3n) is 9.26. The number of carbonyl (C=O) groups excluding carboxylic acids is 5. The molecule has 2 aromatic carbocycles. The van der Waals surface area contributed by atoms with Gasteiger partial charge in [0.2, 0.25) is 23.6 Å². The number of carbonyl (C=O) groups is 5. The van der Waals surface area contributed by atoms with Gasteiger partial charge in [-0.3, -0.25) is 19.2 Å². The number of aromatic hydroxyl groups is 1. The van der Waals surface area contributed by atoms with E-state index in [-0.39, 0.29) is 35.1 Å². The Labute approximate surface area is 257 Å². The summed E-state index contributed by atoms with van der Waals surface area (Å²) in [6.07, 6.45) is 2.00. The highest BCUT2D eigenvalue weighted by Gasteiger charge is 2.68. The molecule has 0 radical (unpaired) electrons. The third kappa shape index (κ3) is 3.76. The summed E-state index contributed by atoms with van der Waals surface area (Å²) in [7, 11) is 1.39. The first-order valence-electron chi connectivity index (χ1n) is 13.1. The van der Waals surface area contributed by atoms with Crippen molar-refractivity contribution in [3.8, 4) is 11.5 Å². The molecule has 2 saturated heterocycles. The Morgan fingerprint density at radius 1 is 1.14 bits per heavy atom. The molecule has 2 aliphatic carbocycles. The summed E-state index contributed by atoms with van der Waals surface area (Å²) in [5.41, 5.74) is 5.33. The first-order chi connectivity index (χ1) is 19.8. The van der Waals surface area contributed by atoms with Crippen LogP contribution in [0.25, 0.3) is 0 Å². The van der Waals surface area contributed by atoms with Crippen molar-refractivity contribution in [1.29, 1.82) is 0 Å². The number of urea groups is 1. The first-order valence-corrected chi connectivity index (χ1v) is 14.6. The molecule has 6 amide bonds. The molecule has 218 valence electrons. The Bertz CT molecular complexity index is 1660. The minimum atomic E-state index is -1.38. The number of nitrogens with two attached hydrogens (primary N) is 1. The van der Waals surface area contributed by atoms with Crippen LogP contribution in [-0.2, 0) is 19.2 Å². The highest BCUT2D eigenvalue weighted by molar-refractivity contribution is 14.1. The van der Waals surface area contributed by atoms with Crippen molar-refractivity contribution >= 4 is 69.5 Å². The molecule has 10 nitrogen and oxygen atoms in total. The second kappa shape index (κ2) is 9.76. The van der Waals surface area contributed by atoms with Gasteiger partial charge in [0.15, 0.2) is 11.5 Å². The van der Waals surface area contributed by atoms with Gasteiger partial charge in [-0.25, -0.2) is 14.1 Å². The number of rotatable bonds is 3. The molecule has 6 unspecified atom stereocenters. The second-order valence-electron chi connectivity index (χ2n) is 11.2. The lowest BCUT2D eigenvalue weighted by atomic mass is 9.51. The number of fused-ring (bicyclic) bond motifs is 4. The standard InChI is InChI=1S/C29H24ClFIN3O7/c1-29-16(25(38)34(27(29)40)12-3-6-18(31)17(30)9-12)10-15-13(22(29)11-7-19(32)23(36)20(8-11)42-2)4-5-14-21(15)26(39)35(24(14)37)28(33)41/h3-4,6-9,14-16,21-22,36H,5,10H2,1-2H3,(H2,33,41). The summed E-state index contributed by atoms with van der Waals surface area (Å²) in [5, 5.41) is 10.3. The quantitative estimate of drug-likeness (QED) is 0.277. The van der Waals surface area contributed by atoms with Crippen molar-refractivity contribution in [3.63, 3.8) is 0 Å². The number of phenols is 1. The molecule has 0 aromatic heterocycles. The number of phenolic OH excluding ortho intramolecular Hbond substituents is 1. The summed E-state index contributed by atoms with van der Waals surface area (Å²) in [6, 6.07) is 5.69. The lowest BCUT2D eigenvalue weighted by molar-refractivity contribution is -0.136. The largest absolute Gasteiger partial charge is 0.504 e.